The van der Waals surface area contributed by atoms with Crippen molar-refractivity contribution in [3.8, 4) is 6.07 Å². The smallest absolute Gasteiger partial charge is 0.243 e. The standard InChI is InChI=1S/C13H18N2O/c1-3-9-15(10-4-2)12(16)13(11-14)7-5-6-8-13/h3-4H,1-2,5-10H2. The van der Waals surface area contributed by atoms with Gasteiger partial charge in [-0.2, -0.15) is 5.26 Å². The Morgan fingerprint density at radius 2 is 1.81 bits per heavy atom. The van der Waals surface area contributed by atoms with Gasteiger partial charge in [0.15, 0.2) is 0 Å². The van der Waals surface area contributed by atoms with Gasteiger partial charge in [0.2, 0.25) is 5.91 Å². The normalized spacial score (nSPS) is 17.4. The third kappa shape index (κ3) is 2.33. The van der Waals surface area contributed by atoms with Crippen LogP contribution in [0.4, 0.5) is 0 Å². The van der Waals surface area contributed by atoms with Crippen LogP contribution in [0, 0.1) is 16.7 Å². The first kappa shape index (κ1) is 12.5. The van der Waals surface area contributed by atoms with Crippen LogP contribution in [-0.4, -0.2) is 23.9 Å². The summed E-state index contributed by atoms with van der Waals surface area (Å²) < 4.78 is 0. The Bertz CT molecular complexity index is 311. The van der Waals surface area contributed by atoms with Gasteiger partial charge in [-0.3, -0.25) is 4.79 Å². The summed E-state index contributed by atoms with van der Waals surface area (Å²) >= 11 is 0. The Kier molecular flexibility index (Phi) is 4.30. The maximum atomic E-state index is 12.3. The zero-order valence-electron chi connectivity index (χ0n) is 9.61. The predicted molar refractivity (Wildman–Crippen MR) is 63.5 cm³/mol. The average molecular weight is 218 g/mol. The van der Waals surface area contributed by atoms with Crippen LogP contribution >= 0.6 is 0 Å². The summed E-state index contributed by atoms with van der Waals surface area (Å²) in [7, 11) is 0. The number of hydrogen-bond acceptors (Lipinski definition) is 2. The lowest BCUT2D eigenvalue weighted by atomic mass is 9.86. The molecule has 0 unspecified atom stereocenters. The average Bonchev–Trinajstić information content (AvgIpc) is 2.77. The van der Waals surface area contributed by atoms with Gasteiger partial charge in [-0.15, -0.1) is 13.2 Å². The van der Waals surface area contributed by atoms with Gasteiger partial charge in [0.05, 0.1) is 6.07 Å². The van der Waals surface area contributed by atoms with Gasteiger partial charge in [0.25, 0.3) is 0 Å². The first-order valence-electron chi connectivity index (χ1n) is 5.62. The highest BCUT2D eigenvalue weighted by Gasteiger charge is 2.43. The van der Waals surface area contributed by atoms with E-state index in [0.717, 1.165) is 12.8 Å². The Balaban J connectivity index is 2.83. The Labute approximate surface area is 97.0 Å². The minimum atomic E-state index is -0.786. The molecule has 0 aliphatic heterocycles. The van der Waals surface area contributed by atoms with Gasteiger partial charge in [-0.1, -0.05) is 25.0 Å². The van der Waals surface area contributed by atoms with Crippen molar-refractivity contribution in [3.05, 3.63) is 25.3 Å². The molecule has 16 heavy (non-hydrogen) atoms. The summed E-state index contributed by atoms with van der Waals surface area (Å²) in [6, 6.07) is 2.21. The van der Waals surface area contributed by atoms with Crippen LogP contribution in [0.5, 0.6) is 0 Å². The van der Waals surface area contributed by atoms with Crippen LogP contribution in [0.2, 0.25) is 0 Å². The molecule has 0 spiro atoms. The van der Waals surface area contributed by atoms with Gasteiger partial charge in [0, 0.05) is 13.1 Å². The molecule has 0 bridgehead atoms. The van der Waals surface area contributed by atoms with E-state index in [0.29, 0.717) is 25.9 Å². The van der Waals surface area contributed by atoms with E-state index in [-0.39, 0.29) is 5.91 Å². The van der Waals surface area contributed by atoms with Gasteiger partial charge in [0.1, 0.15) is 5.41 Å². The Hall–Kier alpha value is -1.56. The van der Waals surface area contributed by atoms with Crippen LogP contribution in [-0.2, 0) is 4.79 Å². The van der Waals surface area contributed by atoms with E-state index in [2.05, 4.69) is 19.2 Å². The van der Waals surface area contributed by atoms with Crippen LogP contribution in [0.3, 0.4) is 0 Å². The molecule has 0 aromatic carbocycles. The highest BCUT2D eigenvalue weighted by molar-refractivity contribution is 5.86. The third-order valence-electron chi connectivity index (χ3n) is 3.07. The summed E-state index contributed by atoms with van der Waals surface area (Å²) in [4.78, 5) is 13.9. The molecule has 0 N–H and O–H groups in total. The Morgan fingerprint density at radius 1 is 1.31 bits per heavy atom. The van der Waals surface area contributed by atoms with Gasteiger partial charge >= 0.3 is 0 Å². The lowest BCUT2D eigenvalue weighted by Crippen LogP contribution is -2.42. The van der Waals surface area contributed by atoms with E-state index in [9.17, 15) is 10.1 Å². The van der Waals surface area contributed by atoms with Crippen molar-refractivity contribution in [2.75, 3.05) is 13.1 Å². The zero-order chi connectivity index (χ0) is 12.0. The molecule has 1 saturated carbocycles. The van der Waals surface area contributed by atoms with Crippen molar-refractivity contribution in [1.82, 2.24) is 4.90 Å². The number of rotatable bonds is 5. The van der Waals surface area contributed by atoms with E-state index in [4.69, 9.17) is 0 Å². The molecule has 1 rings (SSSR count). The van der Waals surface area contributed by atoms with E-state index < -0.39 is 5.41 Å². The van der Waals surface area contributed by atoms with E-state index in [1.165, 1.54) is 0 Å². The molecule has 3 nitrogen and oxygen atoms in total. The topological polar surface area (TPSA) is 44.1 Å². The molecule has 0 saturated heterocycles. The van der Waals surface area contributed by atoms with Gasteiger partial charge in [-0.05, 0) is 12.8 Å². The SMILES string of the molecule is C=CCN(CC=C)C(=O)C1(C#N)CCCC1. The third-order valence-corrected chi connectivity index (χ3v) is 3.07. The lowest BCUT2D eigenvalue weighted by molar-refractivity contribution is -0.137. The summed E-state index contributed by atoms with van der Waals surface area (Å²) in [6.45, 7) is 8.22. The van der Waals surface area contributed by atoms with Crippen molar-refractivity contribution >= 4 is 5.91 Å². The predicted octanol–water partition coefficient (Wildman–Crippen LogP) is 2.27. The molecule has 1 fully saturated rings. The number of amides is 1. The van der Waals surface area contributed by atoms with Crippen molar-refractivity contribution in [3.63, 3.8) is 0 Å². The fourth-order valence-corrected chi connectivity index (χ4v) is 2.21. The number of carbonyl (C=O) groups is 1. The van der Waals surface area contributed by atoms with E-state index >= 15 is 0 Å². The van der Waals surface area contributed by atoms with Gasteiger partial charge in [-0.25, -0.2) is 0 Å². The monoisotopic (exact) mass is 218 g/mol. The van der Waals surface area contributed by atoms with Crippen molar-refractivity contribution in [1.29, 1.82) is 5.26 Å². The van der Waals surface area contributed by atoms with Crippen LogP contribution in [0.15, 0.2) is 25.3 Å². The molecule has 0 heterocycles. The van der Waals surface area contributed by atoms with E-state index in [1.54, 1.807) is 17.1 Å². The van der Waals surface area contributed by atoms with Crippen molar-refractivity contribution in [2.24, 2.45) is 5.41 Å². The summed E-state index contributed by atoms with van der Waals surface area (Å²) in [5, 5.41) is 9.22. The first-order valence-corrected chi connectivity index (χ1v) is 5.62. The summed E-state index contributed by atoms with van der Waals surface area (Å²) in [6.07, 6.45) is 6.67. The fourth-order valence-electron chi connectivity index (χ4n) is 2.21. The number of carbonyl (C=O) groups excluding carboxylic acids is 1. The quantitative estimate of drug-likeness (QED) is 0.664. The molecule has 0 aromatic heterocycles. The number of nitrogens with zero attached hydrogens (tertiary/aromatic N) is 2. The van der Waals surface area contributed by atoms with E-state index in [1.807, 2.05) is 0 Å². The molecule has 3 heteroatoms. The van der Waals surface area contributed by atoms with Crippen molar-refractivity contribution < 1.29 is 4.79 Å². The second kappa shape index (κ2) is 5.50. The fraction of sp³-hybridized carbons (Fsp3) is 0.538. The molecule has 1 amide bonds. The molecule has 0 atom stereocenters. The maximum Gasteiger partial charge on any atom is 0.243 e. The van der Waals surface area contributed by atoms with Crippen LogP contribution < -0.4 is 0 Å². The van der Waals surface area contributed by atoms with Crippen molar-refractivity contribution in [2.45, 2.75) is 25.7 Å². The van der Waals surface area contributed by atoms with Crippen LogP contribution in [0.25, 0.3) is 0 Å². The summed E-state index contributed by atoms with van der Waals surface area (Å²) in [5.41, 5.74) is -0.786. The molecule has 1 aliphatic carbocycles. The Morgan fingerprint density at radius 3 is 2.19 bits per heavy atom. The molecular formula is C13H18N2O. The van der Waals surface area contributed by atoms with Gasteiger partial charge < -0.3 is 4.90 Å². The minimum Gasteiger partial charge on any atom is -0.334 e. The second-order valence-electron chi connectivity index (χ2n) is 4.19. The molecule has 1 aliphatic rings. The minimum absolute atomic E-state index is 0.0627. The number of nitriles is 1. The van der Waals surface area contributed by atoms with Crippen LogP contribution in [0.1, 0.15) is 25.7 Å². The highest BCUT2D eigenvalue weighted by Crippen LogP contribution is 2.39. The molecular weight excluding hydrogens is 200 g/mol. The summed E-state index contributed by atoms with van der Waals surface area (Å²) in [5.74, 6) is -0.0627. The first-order chi connectivity index (χ1) is 7.70. The molecule has 0 radical (unpaired) electrons. The molecule has 86 valence electrons. The molecule has 0 aromatic rings. The second-order valence-corrected chi connectivity index (χ2v) is 4.19. The number of hydrogen-bond donors (Lipinski definition) is 0. The highest BCUT2D eigenvalue weighted by atomic mass is 16.2. The zero-order valence-corrected chi connectivity index (χ0v) is 9.61. The maximum absolute atomic E-state index is 12.3. The largest absolute Gasteiger partial charge is 0.334 e. The lowest BCUT2D eigenvalue weighted by Gasteiger charge is -2.28.